The van der Waals surface area contributed by atoms with Crippen LogP contribution in [-0.4, -0.2) is 38.6 Å². The molecule has 0 radical (unpaired) electrons. The SMILES string of the molecule is CCOCOc1ccc2c(cnc3c4cc5c(cc4ccc23)OCO5)c1OCOCC. The molecule has 0 unspecified atom stereocenters. The first kappa shape index (κ1) is 19.7. The van der Waals surface area contributed by atoms with E-state index in [0.717, 1.165) is 43.9 Å². The summed E-state index contributed by atoms with van der Waals surface area (Å²) >= 11 is 0. The molecular formula is C24H23NO6. The van der Waals surface area contributed by atoms with Crippen molar-refractivity contribution in [3.63, 3.8) is 0 Å². The molecule has 4 aromatic rings. The van der Waals surface area contributed by atoms with Crippen molar-refractivity contribution >= 4 is 32.4 Å². The highest BCUT2D eigenvalue weighted by Gasteiger charge is 2.18. The molecule has 0 spiro atoms. The van der Waals surface area contributed by atoms with Crippen LogP contribution in [0.1, 0.15) is 13.8 Å². The number of rotatable bonds is 8. The smallest absolute Gasteiger partial charge is 0.231 e. The standard InChI is InChI=1S/C24H23NO6/c1-3-26-12-28-20-8-7-16-17-6-5-15-9-21-22(30-14-29-21)10-18(15)23(17)25-11-19(16)24(20)31-13-27-4-2/h5-11H,3-4,12-14H2,1-2H3. The maximum absolute atomic E-state index is 5.94. The molecule has 1 aromatic heterocycles. The van der Waals surface area contributed by atoms with Gasteiger partial charge in [0.1, 0.15) is 0 Å². The van der Waals surface area contributed by atoms with Crippen LogP contribution in [0.15, 0.2) is 42.6 Å². The third-order valence-electron chi connectivity index (χ3n) is 5.25. The highest BCUT2D eigenvalue weighted by molar-refractivity contribution is 6.16. The van der Waals surface area contributed by atoms with Crippen LogP contribution in [0.2, 0.25) is 0 Å². The summed E-state index contributed by atoms with van der Waals surface area (Å²) in [6.07, 6.45) is 1.82. The van der Waals surface area contributed by atoms with E-state index in [-0.39, 0.29) is 20.4 Å². The van der Waals surface area contributed by atoms with E-state index in [1.807, 2.05) is 44.3 Å². The van der Waals surface area contributed by atoms with E-state index in [9.17, 15) is 0 Å². The molecule has 0 amide bonds. The van der Waals surface area contributed by atoms with Gasteiger partial charge in [0.2, 0.25) is 6.79 Å². The Bertz CT molecular complexity index is 1260. The number of fused-ring (bicyclic) bond motifs is 6. The molecule has 160 valence electrons. The lowest BCUT2D eigenvalue weighted by Gasteiger charge is -2.16. The van der Waals surface area contributed by atoms with Gasteiger partial charge < -0.3 is 28.4 Å². The zero-order chi connectivity index (χ0) is 21.2. The minimum atomic E-state index is 0.125. The van der Waals surface area contributed by atoms with Gasteiger partial charge in [-0.1, -0.05) is 12.1 Å². The first-order chi connectivity index (χ1) is 15.3. The second kappa shape index (κ2) is 8.45. The maximum Gasteiger partial charge on any atom is 0.231 e. The lowest BCUT2D eigenvalue weighted by Crippen LogP contribution is -2.07. The van der Waals surface area contributed by atoms with Crippen LogP contribution < -0.4 is 18.9 Å². The molecule has 0 atom stereocenters. The minimum Gasteiger partial charge on any atom is -0.464 e. The van der Waals surface area contributed by atoms with Crippen molar-refractivity contribution in [3.05, 3.63) is 42.6 Å². The minimum absolute atomic E-state index is 0.125. The lowest BCUT2D eigenvalue weighted by atomic mass is 10.0. The van der Waals surface area contributed by atoms with Crippen LogP contribution >= 0.6 is 0 Å². The summed E-state index contributed by atoms with van der Waals surface area (Å²) in [5, 5.41) is 4.94. The fourth-order valence-corrected chi connectivity index (χ4v) is 3.76. The summed E-state index contributed by atoms with van der Waals surface area (Å²) in [6, 6.07) is 12.0. The molecular weight excluding hydrogens is 398 g/mol. The second-order valence-corrected chi connectivity index (χ2v) is 7.01. The fraction of sp³-hybridized carbons (Fsp3) is 0.292. The van der Waals surface area contributed by atoms with Gasteiger partial charge in [0.15, 0.2) is 36.6 Å². The van der Waals surface area contributed by atoms with Crippen molar-refractivity contribution in [1.82, 2.24) is 4.98 Å². The van der Waals surface area contributed by atoms with E-state index in [1.54, 1.807) is 0 Å². The second-order valence-electron chi connectivity index (χ2n) is 7.01. The molecule has 0 bridgehead atoms. The van der Waals surface area contributed by atoms with E-state index in [2.05, 4.69) is 12.1 Å². The van der Waals surface area contributed by atoms with Crippen molar-refractivity contribution in [3.8, 4) is 23.0 Å². The zero-order valence-electron chi connectivity index (χ0n) is 17.5. The summed E-state index contributed by atoms with van der Waals surface area (Å²) in [6.45, 7) is 5.48. The number of aromatic nitrogens is 1. The van der Waals surface area contributed by atoms with Crippen LogP contribution in [0.25, 0.3) is 32.4 Å². The monoisotopic (exact) mass is 421 g/mol. The van der Waals surface area contributed by atoms with Crippen LogP contribution in [0.5, 0.6) is 23.0 Å². The average molecular weight is 421 g/mol. The summed E-state index contributed by atoms with van der Waals surface area (Å²) in [7, 11) is 0. The van der Waals surface area contributed by atoms with Gasteiger partial charge >= 0.3 is 0 Å². The molecule has 0 aliphatic carbocycles. The quantitative estimate of drug-likeness (QED) is 0.225. The number of ether oxygens (including phenoxy) is 6. The van der Waals surface area contributed by atoms with E-state index < -0.39 is 0 Å². The molecule has 5 rings (SSSR count). The van der Waals surface area contributed by atoms with Gasteiger partial charge in [-0.3, -0.25) is 4.98 Å². The van der Waals surface area contributed by atoms with E-state index >= 15 is 0 Å². The van der Waals surface area contributed by atoms with Gasteiger partial charge in [-0.2, -0.15) is 0 Å². The van der Waals surface area contributed by atoms with Crippen molar-refractivity contribution < 1.29 is 28.4 Å². The predicted octanol–water partition coefficient (Wildman–Crippen LogP) is 5.02. The molecule has 2 heterocycles. The Kier molecular flexibility index (Phi) is 5.36. The molecule has 0 saturated heterocycles. The first-order valence-corrected chi connectivity index (χ1v) is 10.3. The zero-order valence-corrected chi connectivity index (χ0v) is 17.5. The Morgan fingerprint density at radius 2 is 1.55 bits per heavy atom. The molecule has 0 saturated carbocycles. The number of nitrogens with zero attached hydrogens (tertiary/aromatic N) is 1. The van der Waals surface area contributed by atoms with Gasteiger partial charge in [0, 0.05) is 35.6 Å². The topological polar surface area (TPSA) is 68.3 Å². The highest BCUT2D eigenvalue weighted by Crippen LogP contribution is 2.42. The van der Waals surface area contributed by atoms with Crippen LogP contribution in [-0.2, 0) is 9.47 Å². The van der Waals surface area contributed by atoms with E-state index in [4.69, 9.17) is 33.4 Å². The van der Waals surface area contributed by atoms with Gasteiger partial charge in [-0.25, -0.2) is 0 Å². The summed E-state index contributed by atoms with van der Waals surface area (Å²) in [5.74, 6) is 2.68. The fourth-order valence-electron chi connectivity index (χ4n) is 3.76. The van der Waals surface area contributed by atoms with E-state index in [1.165, 1.54) is 0 Å². The average Bonchev–Trinajstić information content (AvgIpc) is 3.25. The molecule has 3 aromatic carbocycles. The van der Waals surface area contributed by atoms with Gasteiger partial charge in [-0.05, 0) is 48.9 Å². The van der Waals surface area contributed by atoms with Gasteiger partial charge in [-0.15, -0.1) is 0 Å². The Hall–Kier alpha value is -3.29. The number of pyridine rings is 1. The Morgan fingerprint density at radius 3 is 2.35 bits per heavy atom. The van der Waals surface area contributed by atoms with Crippen molar-refractivity contribution in [1.29, 1.82) is 0 Å². The lowest BCUT2D eigenvalue weighted by molar-refractivity contribution is 0.00683. The molecule has 0 N–H and O–H groups in total. The normalized spacial score (nSPS) is 12.7. The molecule has 31 heavy (non-hydrogen) atoms. The molecule has 0 fully saturated rings. The predicted molar refractivity (Wildman–Crippen MR) is 117 cm³/mol. The van der Waals surface area contributed by atoms with Crippen LogP contribution in [0.3, 0.4) is 0 Å². The Labute approximate surface area is 179 Å². The molecule has 1 aliphatic heterocycles. The molecule has 7 nitrogen and oxygen atoms in total. The van der Waals surface area contributed by atoms with Gasteiger partial charge in [0.05, 0.1) is 5.52 Å². The van der Waals surface area contributed by atoms with Crippen LogP contribution in [0.4, 0.5) is 0 Å². The maximum atomic E-state index is 5.94. The van der Waals surface area contributed by atoms with E-state index in [0.29, 0.717) is 24.7 Å². The van der Waals surface area contributed by atoms with Crippen molar-refractivity contribution in [2.75, 3.05) is 33.6 Å². The Balaban J connectivity index is 1.66. The Morgan fingerprint density at radius 1 is 0.806 bits per heavy atom. The van der Waals surface area contributed by atoms with Gasteiger partial charge in [0.25, 0.3) is 0 Å². The highest BCUT2D eigenvalue weighted by atomic mass is 16.7. The number of hydrogen-bond acceptors (Lipinski definition) is 7. The first-order valence-electron chi connectivity index (χ1n) is 10.3. The van der Waals surface area contributed by atoms with Crippen molar-refractivity contribution in [2.45, 2.75) is 13.8 Å². The number of benzene rings is 3. The number of hydrogen-bond donors (Lipinski definition) is 0. The van der Waals surface area contributed by atoms with Crippen molar-refractivity contribution in [2.24, 2.45) is 0 Å². The molecule has 1 aliphatic rings. The summed E-state index contributed by atoms with van der Waals surface area (Å²) in [4.78, 5) is 4.79. The largest absolute Gasteiger partial charge is 0.464 e. The molecule has 7 heteroatoms. The third-order valence-corrected chi connectivity index (χ3v) is 5.25. The summed E-state index contributed by atoms with van der Waals surface area (Å²) in [5.41, 5.74) is 0.891. The summed E-state index contributed by atoms with van der Waals surface area (Å²) < 4.78 is 33.5. The third kappa shape index (κ3) is 3.56. The van der Waals surface area contributed by atoms with Crippen LogP contribution in [0, 0.1) is 0 Å².